The Balaban J connectivity index is 1.86. The van der Waals surface area contributed by atoms with Crippen LogP contribution in [0.5, 0.6) is 0 Å². The highest BCUT2D eigenvalue weighted by molar-refractivity contribution is 5.76. The van der Waals surface area contributed by atoms with Gasteiger partial charge in [-0.1, -0.05) is 45.4 Å². The second-order valence-corrected chi connectivity index (χ2v) is 4.11. The number of carbonyl (C=O) groups excluding carboxylic acids is 1. The summed E-state index contributed by atoms with van der Waals surface area (Å²) < 4.78 is 0. The molecule has 0 bridgehead atoms. The van der Waals surface area contributed by atoms with Gasteiger partial charge >= 0.3 is 6.03 Å². The lowest BCUT2D eigenvalue weighted by molar-refractivity contribution is 0.247. The van der Waals surface area contributed by atoms with Gasteiger partial charge < -0.3 is 10.6 Å². The molecular weight excluding hydrogens is 176 g/mol. The van der Waals surface area contributed by atoms with E-state index in [-0.39, 0.29) is 6.03 Å². The third-order valence-electron chi connectivity index (χ3n) is 2.75. The summed E-state index contributed by atoms with van der Waals surface area (Å²) in [5.41, 5.74) is 0. The Morgan fingerprint density at radius 1 is 1.21 bits per heavy atom. The van der Waals surface area contributed by atoms with Crippen LogP contribution in [0, 0.1) is 0 Å². The Morgan fingerprint density at radius 2 is 1.93 bits per heavy atom. The monoisotopic (exact) mass is 198 g/mol. The van der Waals surface area contributed by atoms with Crippen molar-refractivity contribution in [3.8, 4) is 0 Å². The van der Waals surface area contributed by atoms with E-state index in [0.29, 0.717) is 6.04 Å². The van der Waals surface area contributed by atoms with Crippen LogP contribution in [0.2, 0.25) is 0 Å². The third kappa shape index (κ3) is 4.49. The number of hydrogen-bond acceptors (Lipinski definition) is 1. The summed E-state index contributed by atoms with van der Waals surface area (Å²) in [6.45, 7) is 3.05. The zero-order valence-corrected chi connectivity index (χ0v) is 9.14. The Kier molecular flexibility index (Phi) is 5.42. The standard InChI is InChI=1S/C11H22N2O/c1-2-3-4-5-6-7-8-10-9-12-11(14)13-10/h10H,2-9H2,1H3,(H2,12,13,14). The summed E-state index contributed by atoms with van der Waals surface area (Å²) in [6.07, 6.45) is 9.08. The first kappa shape index (κ1) is 11.3. The first-order chi connectivity index (χ1) is 6.83. The molecule has 1 aliphatic rings. The molecule has 0 saturated carbocycles. The Hall–Kier alpha value is -0.730. The minimum absolute atomic E-state index is 0.000910. The summed E-state index contributed by atoms with van der Waals surface area (Å²) in [5, 5.41) is 5.69. The zero-order chi connectivity index (χ0) is 10.2. The second kappa shape index (κ2) is 6.68. The highest BCUT2D eigenvalue weighted by atomic mass is 16.2. The van der Waals surface area contributed by atoms with Crippen LogP contribution in [0.1, 0.15) is 51.9 Å². The quantitative estimate of drug-likeness (QED) is 0.606. The third-order valence-corrected chi connectivity index (χ3v) is 2.75. The smallest absolute Gasteiger partial charge is 0.315 e. The van der Waals surface area contributed by atoms with Gasteiger partial charge in [0.15, 0.2) is 0 Å². The van der Waals surface area contributed by atoms with Crippen LogP contribution in [0.4, 0.5) is 4.79 Å². The van der Waals surface area contributed by atoms with Gasteiger partial charge in [0.05, 0.1) is 0 Å². The van der Waals surface area contributed by atoms with E-state index in [4.69, 9.17) is 0 Å². The summed E-state index contributed by atoms with van der Waals surface area (Å²) in [5.74, 6) is 0. The lowest BCUT2D eigenvalue weighted by atomic mass is 10.1. The van der Waals surface area contributed by atoms with Crippen LogP contribution in [-0.4, -0.2) is 18.6 Å². The van der Waals surface area contributed by atoms with Crippen LogP contribution in [0.15, 0.2) is 0 Å². The van der Waals surface area contributed by atoms with E-state index in [9.17, 15) is 4.79 Å². The van der Waals surface area contributed by atoms with E-state index in [2.05, 4.69) is 17.6 Å². The molecule has 1 atom stereocenters. The predicted octanol–water partition coefficient (Wildman–Crippen LogP) is 2.42. The topological polar surface area (TPSA) is 41.1 Å². The average Bonchev–Trinajstić information content (AvgIpc) is 2.58. The number of amides is 2. The average molecular weight is 198 g/mol. The first-order valence-corrected chi connectivity index (χ1v) is 5.87. The maximum Gasteiger partial charge on any atom is 0.315 e. The van der Waals surface area contributed by atoms with E-state index in [1.54, 1.807) is 0 Å². The second-order valence-electron chi connectivity index (χ2n) is 4.11. The lowest BCUT2D eigenvalue weighted by Gasteiger charge is -2.07. The van der Waals surface area contributed by atoms with Crippen molar-refractivity contribution >= 4 is 6.03 Å². The molecule has 0 aromatic rings. The Labute approximate surface area is 86.6 Å². The molecule has 1 heterocycles. The summed E-state index contributed by atoms with van der Waals surface area (Å²) in [7, 11) is 0. The molecule has 1 fully saturated rings. The number of carbonyl (C=O) groups is 1. The predicted molar refractivity (Wildman–Crippen MR) is 58.3 cm³/mol. The van der Waals surface area contributed by atoms with E-state index in [1.165, 1.54) is 38.5 Å². The van der Waals surface area contributed by atoms with Crippen molar-refractivity contribution in [2.24, 2.45) is 0 Å². The van der Waals surface area contributed by atoms with Crippen molar-refractivity contribution < 1.29 is 4.79 Å². The molecule has 1 rings (SSSR count). The number of nitrogens with one attached hydrogen (secondary N) is 2. The molecule has 1 unspecified atom stereocenters. The van der Waals surface area contributed by atoms with Crippen LogP contribution in [-0.2, 0) is 0 Å². The van der Waals surface area contributed by atoms with Gasteiger partial charge in [0.2, 0.25) is 0 Å². The number of hydrogen-bond donors (Lipinski definition) is 2. The number of rotatable bonds is 7. The van der Waals surface area contributed by atoms with Gasteiger partial charge in [-0.3, -0.25) is 0 Å². The highest BCUT2D eigenvalue weighted by Crippen LogP contribution is 2.09. The minimum Gasteiger partial charge on any atom is -0.336 e. The lowest BCUT2D eigenvalue weighted by Crippen LogP contribution is -2.26. The largest absolute Gasteiger partial charge is 0.336 e. The maximum atomic E-state index is 10.8. The van der Waals surface area contributed by atoms with E-state index in [1.807, 2.05) is 0 Å². The summed E-state index contributed by atoms with van der Waals surface area (Å²) in [4.78, 5) is 10.8. The molecule has 1 saturated heterocycles. The zero-order valence-electron chi connectivity index (χ0n) is 9.14. The van der Waals surface area contributed by atoms with Crippen LogP contribution in [0.3, 0.4) is 0 Å². The van der Waals surface area contributed by atoms with Crippen LogP contribution >= 0.6 is 0 Å². The van der Waals surface area contributed by atoms with E-state index >= 15 is 0 Å². The van der Waals surface area contributed by atoms with Gasteiger partial charge in [-0.05, 0) is 6.42 Å². The molecule has 82 valence electrons. The van der Waals surface area contributed by atoms with Crippen molar-refractivity contribution in [3.05, 3.63) is 0 Å². The molecule has 1 aliphatic heterocycles. The molecule has 0 aromatic heterocycles. The SMILES string of the molecule is CCCCCCCCC1CNC(=O)N1. The summed E-state index contributed by atoms with van der Waals surface area (Å²) in [6, 6.07) is 0.384. The van der Waals surface area contributed by atoms with Gasteiger partial charge in [0.1, 0.15) is 0 Å². The molecule has 3 heteroatoms. The fraction of sp³-hybridized carbons (Fsp3) is 0.909. The first-order valence-electron chi connectivity index (χ1n) is 5.87. The van der Waals surface area contributed by atoms with Gasteiger partial charge in [-0.25, -0.2) is 4.79 Å². The molecule has 0 spiro atoms. The van der Waals surface area contributed by atoms with Crippen LogP contribution in [0.25, 0.3) is 0 Å². The molecular formula is C11H22N2O. The number of urea groups is 1. The molecule has 14 heavy (non-hydrogen) atoms. The molecule has 0 aliphatic carbocycles. The van der Waals surface area contributed by atoms with Gasteiger partial charge in [-0.2, -0.15) is 0 Å². The molecule has 0 radical (unpaired) electrons. The van der Waals surface area contributed by atoms with E-state index < -0.39 is 0 Å². The normalized spacial score (nSPS) is 20.6. The van der Waals surface area contributed by atoms with E-state index in [0.717, 1.165) is 13.0 Å². The number of unbranched alkanes of at least 4 members (excludes halogenated alkanes) is 5. The highest BCUT2D eigenvalue weighted by Gasteiger charge is 2.18. The molecule has 2 N–H and O–H groups in total. The van der Waals surface area contributed by atoms with Crippen molar-refractivity contribution in [2.75, 3.05) is 6.54 Å². The molecule has 2 amide bonds. The van der Waals surface area contributed by atoms with Crippen LogP contribution < -0.4 is 10.6 Å². The van der Waals surface area contributed by atoms with Crippen molar-refractivity contribution in [2.45, 2.75) is 57.9 Å². The Bertz CT molecular complexity index is 171. The molecule has 3 nitrogen and oxygen atoms in total. The van der Waals surface area contributed by atoms with Crippen molar-refractivity contribution in [1.29, 1.82) is 0 Å². The fourth-order valence-electron chi connectivity index (χ4n) is 1.85. The fourth-order valence-corrected chi connectivity index (χ4v) is 1.85. The van der Waals surface area contributed by atoms with Gasteiger partial charge in [-0.15, -0.1) is 0 Å². The van der Waals surface area contributed by atoms with Gasteiger partial charge in [0, 0.05) is 12.6 Å². The molecule has 0 aromatic carbocycles. The minimum atomic E-state index is 0.000910. The Morgan fingerprint density at radius 3 is 2.57 bits per heavy atom. The summed E-state index contributed by atoms with van der Waals surface area (Å²) >= 11 is 0. The van der Waals surface area contributed by atoms with Crippen molar-refractivity contribution in [1.82, 2.24) is 10.6 Å². The maximum absolute atomic E-state index is 10.8. The van der Waals surface area contributed by atoms with Crippen molar-refractivity contribution in [3.63, 3.8) is 0 Å². The van der Waals surface area contributed by atoms with Gasteiger partial charge in [0.25, 0.3) is 0 Å².